The number of phosphoric acid groups is 1. The van der Waals surface area contributed by atoms with Gasteiger partial charge in [0.2, 0.25) is 5.91 Å². The molecule has 0 bridgehead atoms. The molecule has 0 fully saturated rings. The van der Waals surface area contributed by atoms with Crippen molar-refractivity contribution in [2.24, 2.45) is 0 Å². The molecule has 0 aliphatic carbocycles. The lowest BCUT2D eigenvalue weighted by Gasteiger charge is -2.29. The second kappa shape index (κ2) is 47.5. The number of unbranched alkanes of at least 4 members (excludes halogenated alkanes) is 20. The second-order valence-corrected chi connectivity index (χ2v) is 20.2. The molecule has 0 aromatic carbocycles. The van der Waals surface area contributed by atoms with Gasteiger partial charge >= 0.3 is 0 Å². The van der Waals surface area contributed by atoms with Crippen LogP contribution >= 0.6 is 7.82 Å². The summed E-state index contributed by atoms with van der Waals surface area (Å²) >= 11 is 0. The lowest BCUT2D eigenvalue weighted by Crippen LogP contribution is -2.45. The Balaban J connectivity index is 4.09. The summed E-state index contributed by atoms with van der Waals surface area (Å²) in [5, 5.41) is 13.8. The fourth-order valence-electron chi connectivity index (χ4n) is 7.11. The Kier molecular flexibility index (Phi) is 45.6. The number of carbonyl (C=O) groups is 1. The SMILES string of the molecule is CC/C=C\C/C=C\C/C=C\C/C=C\C/C=C\C/C=C\CCCCCCCCCCCCCCCCC(=O)NC(COP(=O)([O-])OCC[N+](C)(C)C)C(O)/C=C/CC/C=C/CCCCCCC. The maximum atomic E-state index is 12.9. The van der Waals surface area contributed by atoms with Crippen molar-refractivity contribution in [3.8, 4) is 0 Å². The van der Waals surface area contributed by atoms with E-state index in [4.69, 9.17) is 9.05 Å². The van der Waals surface area contributed by atoms with Crippen LogP contribution in [0.25, 0.3) is 0 Å². The fraction of sp³-hybridized carbons (Fsp3) is 0.702. The van der Waals surface area contributed by atoms with Crippen molar-refractivity contribution in [3.63, 3.8) is 0 Å². The van der Waals surface area contributed by atoms with Gasteiger partial charge < -0.3 is 28.8 Å². The molecule has 0 aliphatic rings. The molecule has 8 nitrogen and oxygen atoms in total. The van der Waals surface area contributed by atoms with Gasteiger partial charge in [0.05, 0.1) is 39.9 Å². The maximum absolute atomic E-state index is 12.9. The smallest absolute Gasteiger partial charge is 0.268 e. The Morgan fingerprint density at radius 3 is 1.41 bits per heavy atom. The summed E-state index contributed by atoms with van der Waals surface area (Å²) in [6.45, 7) is 4.47. The van der Waals surface area contributed by atoms with Crippen LogP contribution in [0.15, 0.2) is 97.2 Å². The van der Waals surface area contributed by atoms with Crippen molar-refractivity contribution in [3.05, 3.63) is 97.2 Å². The second-order valence-electron chi connectivity index (χ2n) is 18.8. The molecule has 0 saturated carbocycles. The van der Waals surface area contributed by atoms with Crippen molar-refractivity contribution < 1.29 is 32.9 Å². The summed E-state index contributed by atoms with van der Waals surface area (Å²) in [6.07, 6.45) is 67.7. The Morgan fingerprint density at radius 1 is 0.545 bits per heavy atom. The van der Waals surface area contributed by atoms with E-state index in [0.717, 1.165) is 77.0 Å². The van der Waals surface area contributed by atoms with Gasteiger partial charge in [-0.25, -0.2) is 0 Å². The third-order valence-electron chi connectivity index (χ3n) is 11.3. The Bertz CT molecular complexity index is 1390. The molecule has 0 spiro atoms. The zero-order valence-electron chi connectivity index (χ0n) is 43.1. The van der Waals surface area contributed by atoms with Gasteiger partial charge in [-0.1, -0.05) is 214 Å². The zero-order chi connectivity index (χ0) is 48.5. The molecular weight excluding hydrogens is 840 g/mol. The summed E-state index contributed by atoms with van der Waals surface area (Å²) in [5.74, 6) is -0.213. The van der Waals surface area contributed by atoms with E-state index in [2.05, 4.69) is 104 Å². The first-order valence-corrected chi connectivity index (χ1v) is 28.1. The topological polar surface area (TPSA) is 108 Å². The predicted molar refractivity (Wildman–Crippen MR) is 283 cm³/mol. The van der Waals surface area contributed by atoms with Gasteiger partial charge in [0.15, 0.2) is 0 Å². The lowest BCUT2D eigenvalue weighted by atomic mass is 10.0. The molecule has 3 atom stereocenters. The number of allylic oxidation sites excluding steroid dienone is 15. The summed E-state index contributed by atoms with van der Waals surface area (Å²) in [6, 6.07) is -0.907. The van der Waals surface area contributed by atoms with Crippen molar-refractivity contribution in [2.45, 2.75) is 219 Å². The maximum Gasteiger partial charge on any atom is 0.268 e. The molecule has 2 N–H and O–H groups in total. The number of hydrogen-bond donors (Lipinski definition) is 2. The van der Waals surface area contributed by atoms with Crippen LogP contribution in [0.2, 0.25) is 0 Å². The first kappa shape index (κ1) is 63.4. The van der Waals surface area contributed by atoms with E-state index in [-0.39, 0.29) is 12.5 Å². The van der Waals surface area contributed by atoms with Crippen LogP contribution in [0.5, 0.6) is 0 Å². The average molecular weight is 941 g/mol. The number of nitrogens with one attached hydrogen (secondary N) is 1. The van der Waals surface area contributed by atoms with E-state index >= 15 is 0 Å². The highest BCUT2D eigenvalue weighted by molar-refractivity contribution is 7.45. The Labute approximate surface area is 407 Å². The van der Waals surface area contributed by atoms with Gasteiger partial charge in [-0.2, -0.15) is 0 Å². The van der Waals surface area contributed by atoms with Crippen LogP contribution in [0.4, 0.5) is 0 Å². The molecular formula is C57H101N2O6P. The number of aliphatic hydroxyl groups is 1. The van der Waals surface area contributed by atoms with Gasteiger partial charge in [0, 0.05) is 6.42 Å². The summed E-state index contributed by atoms with van der Waals surface area (Å²) in [4.78, 5) is 25.4. The van der Waals surface area contributed by atoms with E-state index in [1.54, 1.807) is 6.08 Å². The number of carbonyl (C=O) groups excluding carboxylic acids is 1. The highest BCUT2D eigenvalue weighted by Crippen LogP contribution is 2.38. The van der Waals surface area contributed by atoms with E-state index in [1.165, 1.54) is 109 Å². The highest BCUT2D eigenvalue weighted by Gasteiger charge is 2.23. The van der Waals surface area contributed by atoms with Crippen LogP contribution in [0.3, 0.4) is 0 Å². The van der Waals surface area contributed by atoms with Crippen LogP contribution in [0, 0.1) is 0 Å². The molecule has 0 saturated heterocycles. The number of nitrogens with zero attached hydrogens (tertiary/aromatic N) is 1. The molecule has 0 aromatic rings. The summed E-state index contributed by atoms with van der Waals surface area (Å²) < 4.78 is 23.2. The third kappa shape index (κ3) is 49.3. The minimum atomic E-state index is -4.60. The Morgan fingerprint density at radius 2 is 0.939 bits per heavy atom. The van der Waals surface area contributed by atoms with Crippen LogP contribution in [-0.4, -0.2) is 68.5 Å². The first-order valence-electron chi connectivity index (χ1n) is 26.6. The standard InChI is InChI=1S/C57H101N2O6P/c1-6-8-10-12-14-16-18-19-20-21-22-23-24-25-26-27-28-29-30-31-32-33-34-35-36-37-38-39-41-43-45-47-49-51-57(61)58-55(54-65-66(62,63)64-53-52-59(3,4)5)56(60)50-48-46-44-42-40-17-15-13-11-9-7-2/h8,10,14,16,19-20,22-23,25-26,28-29,40,42,48,50,55-56,60H,6-7,9,11-13,15,17-18,21,24,27,30-39,41,43-47,49,51-54H2,1-5H3,(H-,58,61,62,63)/b10-8-,16-14-,20-19-,23-22-,26-25-,29-28-,42-40+,50-48+. The number of rotatable bonds is 47. The lowest BCUT2D eigenvalue weighted by molar-refractivity contribution is -0.870. The van der Waals surface area contributed by atoms with E-state index in [9.17, 15) is 19.4 Å². The number of hydrogen-bond acceptors (Lipinski definition) is 6. The van der Waals surface area contributed by atoms with E-state index in [0.29, 0.717) is 17.4 Å². The monoisotopic (exact) mass is 941 g/mol. The zero-order valence-corrected chi connectivity index (χ0v) is 44.0. The first-order chi connectivity index (χ1) is 32.0. The average Bonchev–Trinajstić information content (AvgIpc) is 3.28. The molecule has 9 heteroatoms. The quantitative estimate of drug-likeness (QED) is 0.0272. The predicted octanol–water partition coefficient (Wildman–Crippen LogP) is 15.2. The fourth-order valence-corrected chi connectivity index (χ4v) is 7.84. The highest BCUT2D eigenvalue weighted by atomic mass is 31.2. The van der Waals surface area contributed by atoms with Gasteiger partial charge in [-0.15, -0.1) is 0 Å². The van der Waals surface area contributed by atoms with Crippen LogP contribution < -0.4 is 10.2 Å². The van der Waals surface area contributed by atoms with E-state index in [1.807, 2.05) is 27.2 Å². The molecule has 66 heavy (non-hydrogen) atoms. The number of quaternary nitrogens is 1. The number of aliphatic hydroxyl groups excluding tert-OH is 1. The van der Waals surface area contributed by atoms with Crippen molar-refractivity contribution in [2.75, 3.05) is 40.9 Å². The van der Waals surface area contributed by atoms with Crippen LogP contribution in [0.1, 0.15) is 206 Å². The third-order valence-corrected chi connectivity index (χ3v) is 12.2. The number of phosphoric ester groups is 1. The van der Waals surface area contributed by atoms with Gasteiger partial charge in [0.1, 0.15) is 13.2 Å². The van der Waals surface area contributed by atoms with Gasteiger partial charge in [-0.3, -0.25) is 9.36 Å². The van der Waals surface area contributed by atoms with Gasteiger partial charge in [-0.05, 0) is 83.5 Å². The Hall–Kier alpha value is -2.58. The molecule has 1 amide bonds. The molecule has 0 aromatic heterocycles. The summed E-state index contributed by atoms with van der Waals surface area (Å²) in [7, 11) is 1.23. The van der Waals surface area contributed by atoms with Crippen molar-refractivity contribution >= 4 is 13.7 Å². The van der Waals surface area contributed by atoms with Crippen LogP contribution in [-0.2, 0) is 18.4 Å². The molecule has 0 rings (SSSR count). The molecule has 0 radical (unpaired) electrons. The largest absolute Gasteiger partial charge is 0.756 e. The summed E-state index contributed by atoms with van der Waals surface area (Å²) in [5.41, 5.74) is 0. The van der Waals surface area contributed by atoms with Gasteiger partial charge in [0.25, 0.3) is 7.82 Å². The molecule has 3 unspecified atom stereocenters. The number of likely N-dealkylation sites (N-methyl/N-ethyl adjacent to an activating group) is 1. The molecule has 380 valence electrons. The minimum Gasteiger partial charge on any atom is -0.756 e. The minimum absolute atomic E-state index is 0.0102. The van der Waals surface area contributed by atoms with Crippen molar-refractivity contribution in [1.29, 1.82) is 0 Å². The normalized spacial score (nSPS) is 14.8. The van der Waals surface area contributed by atoms with Crippen molar-refractivity contribution in [1.82, 2.24) is 5.32 Å². The molecule has 0 heterocycles. The number of amides is 1. The molecule has 0 aliphatic heterocycles. The van der Waals surface area contributed by atoms with E-state index < -0.39 is 26.6 Å².